The summed E-state index contributed by atoms with van der Waals surface area (Å²) in [7, 11) is -7.02. The zero-order chi connectivity index (χ0) is 40.3. The van der Waals surface area contributed by atoms with Crippen molar-refractivity contribution in [1.29, 1.82) is 0 Å². The minimum absolute atomic E-state index is 0.331. The molecule has 11 rings (SSSR count). The fourth-order valence-corrected chi connectivity index (χ4v) is 16.7. The zero-order valence-corrected chi connectivity index (χ0v) is 34.5. The number of aromatic nitrogens is 1. The summed E-state index contributed by atoms with van der Waals surface area (Å²) in [6.07, 6.45) is 0. The summed E-state index contributed by atoms with van der Waals surface area (Å²) in [5.41, 5.74) is 5.79. The van der Waals surface area contributed by atoms with E-state index < -0.39 is 23.3 Å². The largest absolute Gasteiger partial charge is 0.309 e. The molecule has 0 fully saturated rings. The monoisotopic (exact) mass is 805 g/mol. The highest BCUT2D eigenvalue weighted by atomic mass is 32.2. The van der Waals surface area contributed by atoms with Crippen LogP contribution in [0, 0.1) is 0 Å². The molecule has 1 unspecified atom stereocenters. The van der Waals surface area contributed by atoms with Crippen molar-refractivity contribution < 1.29 is 8.42 Å². The average Bonchev–Trinajstić information content (AvgIpc) is 3.65. The van der Waals surface area contributed by atoms with E-state index >= 15 is 8.42 Å². The smallest absolute Gasteiger partial charge is 0.207 e. The number of benzene rings is 9. The van der Waals surface area contributed by atoms with Gasteiger partial charge in [0, 0.05) is 16.5 Å². The minimum Gasteiger partial charge on any atom is -0.309 e. The van der Waals surface area contributed by atoms with Crippen LogP contribution in [0.1, 0.15) is 22.3 Å². The molecule has 0 radical (unpaired) electrons. The second-order valence-corrected chi connectivity index (χ2v) is 21.3. The van der Waals surface area contributed by atoms with Crippen molar-refractivity contribution in [3.05, 3.63) is 259 Å². The molecule has 9 aromatic carbocycles. The number of rotatable bonds is 7. The Kier molecular flexibility index (Phi) is 8.45. The maximum Gasteiger partial charge on any atom is 0.207 e. The molecule has 2 heterocycles. The van der Waals surface area contributed by atoms with Gasteiger partial charge in [0.25, 0.3) is 0 Å². The Morgan fingerprint density at radius 3 is 1.50 bits per heavy atom. The van der Waals surface area contributed by atoms with Crippen molar-refractivity contribution in [1.82, 2.24) is 4.57 Å². The lowest BCUT2D eigenvalue weighted by Crippen LogP contribution is -2.74. The van der Waals surface area contributed by atoms with Crippen molar-refractivity contribution in [3.8, 4) is 5.69 Å². The van der Waals surface area contributed by atoms with Crippen LogP contribution in [-0.4, -0.2) is 21.1 Å². The Balaban J connectivity index is 1.30. The van der Waals surface area contributed by atoms with Gasteiger partial charge in [0.1, 0.15) is 0 Å². The molecule has 10 aromatic rings. The van der Waals surface area contributed by atoms with Gasteiger partial charge in [0.2, 0.25) is 9.84 Å². The minimum atomic E-state index is -3.94. The summed E-state index contributed by atoms with van der Waals surface area (Å²) in [5, 5.41) is 7.02. The first kappa shape index (κ1) is 36.1. The van der Waals surface area contributed by atoms with Crippen molar-refractivity contribution in [3.63, 3.8) is 0 Å². The Bertz CT molecular complexity index is 3220. The third-order valence-corrected chi connectivity index (χ3v) is 19.3. The third-order valence-electron chi connectivity index (χ3n) is 12.6. The van der Waals surface area contributed by atoms with Gasteiger partial charge in [-0.3, -0.25) is 0 Å². The molecule has 1 aromatic heterocycles. The summed E-state index contributed by atoms with van der Waals surface area (Å²) >= 11 is 0. The predicted molar refractivity (Wildman–Crippen MR) is 248 cm³/mol. The number of para-hydroxylation sites is 2. The first-order chi connectivity index (χ1) is 29.5. The van der Waals surface area contributed by atoms with E-state index in [1.807, 2.05) is 36.4 Å². The number of nitrogens with zero attached hydrogens (tertiary/aromatic N) is 1. The lowest BCUT2D eigenvalue weighted by Gasteiger charge is -2.43. The van der Waals surface area contributed by atoms with Gasteiger partial charge in [-0.1, -0.05) is 194 Å². The highest BCUT2D eigenvalue weighted by Gasteiger charge is 2.51. The lowest BCUT2D eigenvalue weighted by atomic mass is 9.64. The quantitative estimate of drug-likeness (QED) is 0.119. The Hall–Kier alpha value is -7.05. The normalized spacial score (nSPS) is 15.7. The summed E-state index contributed by atoms with van der Waals surface area (Å²) in [6.45, 7) is 0. The maximum absolute atomic E-state index is 15.2. The molecule has 0 bridgehead atoms. The van der Waals surface area contributed by atoms with Gasteiger partial charge in [-0.05, 0) is 85.5 Å². The second kappa shape index (κ2) is 14.1. The molecule has 0 saturated heterocycles. The molecule has 5 heteroatoms. The fourth-order valence-electron chi connectivity index (χ4n) is 10.2. The predicted octanol–water partition coefficient (Wildman–Crippen LogP) is 9.69. The SMILES string of the molecule is O=S1(=O)c2ccccc2C(c2ccccc2)(c2ccc3c(c2)c2ccccc2n3-c2ccccc2)c2cc([Si](c3ccccc3)(c3ccccc3)c3ccccc3)ccc21. The molecule has 60 heavy (non-hydrogen) atoms. The van der Waals surface area contributed by atoms with Crippen LogP contribution in [0.2, 0.25) is 0 Å². The number of hydrogen-bond donors (Lipinski definition) is 0. The molecule has 3 nitrogen and oxygen atoms in total. The van der Waals surface area contributed by atoms with Gasteiger partial charge in [0.05, 0.1) is 26.2 Å². The first-order valence-corrected chi connectivity index (χ1v) is 23.8. The third kappa shape index (κ3) is 5.16. The van der Waals surface area contributed by atoms with E-state index in [0.717, 1.165) is 54.9 Å². The molecule has 0 N–H and O–H groups in total. The van der Waals surface area contributed by atoms with Crippen LogP contribution in [-0.2, 0) is 15.3 Å². The Morgan fingerprint density at radius 1 is 0.367 bits per heavy atom. The Morgan fingerprint density at radius 2 is 0.867 bits per heavy atom. The molecule has 0 aliphatic carbocycles. The number of hydrogen-bond acceptors (Lipinski definition) is 2. The molecule has 286 valence electrons. The molecule has 0 amide bonds. The van der Waals surface area contributed by atoms with Gasteiger partial charge in [-0.2, -0.15) is 0 Å². The van der Waals surface area contributed by atoms with E-state index in [1.165, 1.54) is 15.6 Å². The molecule has 1 atom stereocenters. The standard InChI is InChI=1S/C55H39NO2SSi/c57-59(58)53-33-19-17-31-49(53)55(40-20-6-1-7-21-40,41-34-36-52-48(38-41)47-30-16-18-32-51(47)56(52)42-22-8-2-9-23-42)50-39-46(35-37-54(50)59)60(43-24-10-3-11-25-43,44-26-12-4-13-27-44)45-28-14-5-15-29-45/h1-39H. The fraction of sp³-hybridized carbons (Fsp3) is 0.0182. The van der Waals surface area contributed by atoms with Gasteiger partial charge in [-0.25, -0.2) is 8.42 Å². The van der Waals surface area contributed by atoms with Crippen LogP contribution in [0.25, 0.3) is 27.5 Å². The van der Waals surface area contributed by atoms with Crippen molar-refractivity contribution in [2.75, 3.05) is 0 Å². The van der Waals surface area contributed by atoms with Crippen molar-refractivity contribution in [2.45, 2.75) is 15.2 Å². The van der Waals surface area contributed by atoms with Crippen LogP contribution in [0.15, 0.2) is 246 Å². The Labute approximate surface area is 351 Å². The molecular formula is C55H39NO2SSi. The summed E-state index contributed by atoms with van der Waals surface area (Å²) in [4.78, 5) is 0.663. The van der Waals surface area contributed by atoms with Crippen LogP contribution in [0.4, 0.5) is 0 Å². The van der Waals surface area contributed by atoms with E-state index in [0.29, 0.717) is 9.79 Å². The summed E-state index contributed by atoms with van der Waals surface area (Å²) in [5.74, 6) is 0. The van der Waals surface area contributed by atoms with Crippen molar-refractivity contribution in [2.24, 2.45) is 0 Å². The summed E-state index contributed by atoms with van der Waals surface area (Å²) in [6, 6.07) is 82.7. The van der Waals surface area contributed by atoms with Crippen LogP contribution in [0.3, 0.4) is 0 Å². The molecule has 1 aliphatic rings. The topological polar surface area (TPSA) is 39.1 Å². The van der Waals surface area contributed by atoms with Crippen molar-refractivity contribution >= 4 is 60.5 Å². The highest BCUT2D eigenvalue weighted by Crippen LogP contribution is 2.54. The molecule has 0 saturated carbocycles. The van der Waals surface area contributed by atoms with Gasteiger partial charge in [0.15, 0.2) is 8.07 Å². The van der Waals surface area contributed by atoms with E-state index in [4.69, 9.17) is 0 Å². The van der Waals surface area contributed by atoms with E-state index in [2.05, 4.69) is 199 Å². The maximum atomic E-state index is 15.2. The van der Waals surface area contributed by atoms with E-state index in [-0.39, 0.29) is 0 Å². The van der Waals surface area contributed by atoms with Crippen LogP contribution in [0.5, 0.6) is 0 Å². The first-order valence-electron chi connectivity index (χ1n) is 20.3. The van der Waals surface area contributed by atoms with Gasteiger partial charge in [-0.15, -0.1) is 0 Å². The zero-order valence-electron chi connectivity index (χ0n) is 32.7. The summed E-state index contributed by atoms with van der Waals surface area (Å²) < 4.78 is 32.7. The van der Waals surface area contributed by atoms with Gasteiger partial charge >= 0.3 is 0 Å². The average molecular weight is 806 g/mol. The number of fused-ring (bicyclic) bond motifs is 5. The van der Waals surface area contributed by atoms with Gasteiger partial charge < -0.3 is 4.57 Å². The van der Waals surface area contributed by atoms with E-state index in [1.54, 1.807) is 6.07 Å². The second-order valence-electron chi connectivity index (χ2n) is 15.6. The highest BCUT2D eigenvalue weighted by molar-refractivity contribution is 7.91. The lowest BCUT2D eigenvalue weighted by molar-refractivity contribution is 0.579. The molecule has 1 aliphatic heterocycles. The number of sulfone groups is 1. The molecule has 0 spiro atoms. The molecular weight excluding hydrogens is 767 g/mol. The van der Waals surface area contributed by atoms with E-state index in [9.17, 15) is 0 Å². The van der Waals surface area contributed by atoms with Crippen LogP contribution < -0.4 is 20.7 Å². The van der Waals surface area contributed by atoms with Crippen LogP contribution >= 0.6 is 0 Å².